The maximum atomic E-state index is 11.8. The Labute approximate surface area is 143 Å². The fraction of sp³-hybridized carbons (Fsp3) is 0.611. The smallest absolute Gasteiger partial charge is 0.407 e. The van der Waals surface area contributed by atoms with Crippen molar-refractivity contribution in [3.63, 3.8) is 0 Å². The van der Waals surface area contributed by atoms with Gasteiger partial charge in [0, 0.05) is 23.7 Å². The van der Waals surface area contributed by atoms with Gasteiger partial charge in [-0.1, -0.05) is 23.7 Å². The average Bonchev–Trinajstić information content (AvgIpc) is 2.46. The third-order valence-corrected chi connectivity index (χ3v) is 4.21. The monoisotopic (exact) mass is 338 g/mol. The lowest BCUT2D eigenvalue weighted by Gasteiger charge is -2.30. The van der Waals surface area contributed by atoms with Crippen molar-refractivity contribution < 1.29 is 9.53 Å². The van der Waals surface area contributed by atoms with Crippen LogP contribution < -0.4 is 10.6 Å². The summed E-state index contributed by atoms with van der Waals surface area (Å²) >= 11 is 5.89. The second kappa shape index (κ2) is 8.02. The number of alkyl carbamates (subject to hydrolysis) is 1. The van der Waals surface area contributed by atoms with Crippen LogP contribution in [-0.2, 0) is 11.3 Å². The van der Waals surface area contributed by atoms with Gasteiger partial charge in [-0.2, -0.15) is 0 Å². The van der Waals surface area contributed by atoms with Gasteiger partial charge in [0.05, 0.1) is 0 Å². The molecule has 4 nitrogen and oxygen atoms in total. The highest BCUT2D eigenvalue weighted by Crippen LogP contribution is 2.20. The minimum atomic E-state index is -0.443. The maximum absolute atomic E-state index is 11.8. The van der Waals surface area contributed by atoms with E-state index in [0.717, 1.165) is 37.3 Å². The number of ether oxygens (including phenoxy) is 1. The molecule has 2 N–H and O–H groups in total. The van der Waals surface area contributed by atoms with Gasteiger partial charge in [-0.05, 0) is 64.2 Å². The molecule has 0 aromatic heterocycles. The van der Waals surface area contributed by atoms with Gasteiger partial charge in [-0.3, -0.25) is 0 Å². The second-order valence-corrected chi connectivity index (χ2v) is 7.64. The van der Waals surface area contributed by atoms with Crippen LogP contribution >= 0.6 is 11.6 Å². The summed E-state index contributed by atoms with van der Waals surface area (Å²) in [4.78, 5) is 11.8. The number of hydrogen-bond acceptors (Lipinski definition) is 3. The largest absolute Gasteiger partial charge is 0.444 e. The number of nitrogens with one attached hydrogen (secondary N) is 2. The van der Waals surface area contributed by atoms with Crippen molar-refractivity contribution in [3.05, 3.63) is 34.9 Å². The first kappa shape index (κ1) is 18.1. The van der Waals surface area contributed by atoms with Crippen LogP contribution in [0.4, 0.5) is 4.79 Å². The maximum Gasteiger partial charge on any atom is 0.407 e. The highest BCUT2D eigenvalue weighted by atomic mass is 35.5. The molecule has 1 saturated carbocycles. The van der Waals surface area contributed by atoms with E-state index >= 15 is 0 Å². The summed E-state index contributed by atoms with van der Waals surface area (Å²) in [7, 11) is 0. The molecular formula is C18H27ClN2O2. The number of carbonyl (C=O) groups excluding carboxylic acids is 1. The lowest BCUT2D eigenvalue weighted by molar-refractivity contribution is 0.0490. The molecule has 0 heterocycles. The minimum Gasteiger partial charge on any atom is -0.444 e. The zero-order valence-corrected chi connectivity index (χ0v) is 15.0. The van der Waals surface area contributed by atoms with E-state index < -0.39 is 5.60 Å². The molecule has 0 bridgehead atoms. The van der Waals surface area contributed by atoms with Crippen LogP contribution in [0.25, 0.3) is 0 Å². The summed E-state index contributed by atoms with van der Waals surface area (Å²) in [5.74, 6) is 0. The Balaban J connectivity index is 1.67. The van der Waals surface area contributed by atoms with Crippen molar-refractivity contribution in [1.29, 1.82) is 0 Å². The third-order valence-electron chi connectivity index (χ3n) is 3.96. The summed E-state index contributed by atoms with van der Waals surface area (Å²) in [5.41, 5.74) is 0.796. The number of benzene rings is 1. The van der Waals surface area contributed by atoms with Crippen molar-refractivity contribution in [2.75, 3.05) is 0 Å². The quantitative estimate of drug-likeness (QED) is 0.862. The van der Waals surface area contributed by atoms with Crippen molar-refractivity contribution in [1.82, 2.24) is 10.6 Å². The van der Waals surface area contributed by atoms with Gasteiger partial charge in [0.2, 0.25) is 0 Å². The molecule has 1 aliphatic rings. The third kappa shape index (κ3) is 6.80. The molecule has 1 amide bonds. The topological polar surface area (TPSA) is 50.4 Å². The number of hydrogen-bond donors (Lipinski definition) is 2. The SMILES string of the molecule is CC(C)(C)OC(=O)NC1CCC(NCc2ccc(Cl)cc2)CC1. The van der Waals surface area contributed by atoms with E-state index in [1.54, 1.807) is 0 Å². The fourth-order valence-electron chi connectivity index (χ4n) is 2.78. The second-order valence-electron chi connectivity index (χ2n) is 7.20. The first-order chi connectivity index (χ1) is 10.8. The Bertz CT molecular complexity index is 503. The minimum absolute atomic E-state index is 0.221. The first-order valence-corrected chi connectivity index (χ1v) is 8.67. The van der Waals surface area contributed by atoms with E-state index in [1.165, 1.54) is 5.56 Å². The van der Waals surface area contributed by atoms with Crippen LogP contribution in [0, 0.1) is 0 Å². The Kier molecular flexibility index (Phi) is 6.31. The molecule has 2 rings (SSSR count). The van der Waals surface area contributed by atoms with E-state index in [4.69, 9.17) is 16.3 Å². The molecule has 0 unspecified atom stereocenters. The summed E-state index contributed by atoms with van der Waals surface area (Å²) in [6.45, 7) is 6.49. The van der Waals surface area contributed by atoms with Crippen molar-refractivity contribution >= 4 is 17.7 Å². The van der Waals surface area contributed by atoms with Crippen LogP contribution in [0.15, 0.2) is 24.3 Å². The van der Waals surface area contributed by atoms with Gasteiger partial charge in [0.15, 0.2) is 0 Å². The summed E-state index contributed by atoms with van der Waals surface area (Å²) in [6.07, 6.45) is 3.78. The van der Waals surface area contributed by atoms with E-state index in [2.05, 4.69) is 10.6 Å². The number of carbonyl (C=O) groups is 1. The van der Waals surface area contributed by atoms with E-state index in [9.17, 15) is 4.79 Å². The Morgan fingerprint density at radius 3 is 2.26 bits per heavy atom. The average molecular weight is 339 g/mol. The lowest BCUT2D eigenvalue weighted by Crippen LogP contribution is -2.43. The van der Waals surface area contributed by atoms with Gasteiger partial charge in [0.25, 0.3) is 0 Å². The Morgan fingerprint density at radius 1 is 1.13 bits per heavy atom. The van der Waals surface area contributed by atoms with Crippen LogP contribution in [0.2, 0.25) is 5.02 Å². The van der Waals surface area contributed by atoms with E-state index in [1.807, 2.05) is 45.0 Å². The van der Waals surface area contributed by atoms with Crippen molar-refractivity contribution in [2.45, 2.75) is 70.7 Å². The van der Waals surface area contributed by atoms with Crippen LogP contribution in [0.3, 0.4) is 0 Å². The van der Waals surface area contributed by atoms with Crippen LogP contribution in [0.5, 0.6) is 0 Å². The zero-order valence-electron chi connectivity index (χ0n) is 14.2. The zero-order chi connectivity index (χ0) is 16.9. The highest BCUT2D eigenvalue weighted by molar-refractivity contribution is 6.30. The molecule has 0 atom stereocenters. The van der Waals surface area contributed by atoms with E-state index in [-0.39, 0.29) is 12.1 Å². The molecule has 1 aliphatic carbocycles. The molecule has 23 heavy (non-hydrogen) atoms. The van der Waals surface area contributed by atoms with Gasteiger partial charge in [-0.15, -0.1) is 0 Å². The normalized spacial score (nSPS) is 21.7. The molecule has 0 spiro atoms. The molecule has 1 fully saturated rings. The lowest BCUT2D eigenvalue weighted by atomic mass is 9.91. The summed E-state index contributed by atoms with van der Waals surface area (Å²) in [5, 5.41) is 7.32. The summed E-state index contributed by atoms with van der Waals surface area (Å²) in [6, 6.07) is 8.65. The van der Waals surface area contributed by atoms with Gasteiger partial charge >= 0.3 is 6.09 Å². The number of halogens is 1. The molecule has 128 valence electrons. The standard InChI is InChI=1S/C18H27ClN2O2/c1-18(2,3)23-17(22)21-16-10-8-15(9-11-16)20-12-13-4-6-14(19)7-5-13/h4-7,15-16,20H,8-12H2,1-3H3,(H,21,22). The predicted octanol–water partition coefficient (Wildman–Crippen LogP) is 4.27. The molecule has 1 aromatic carbocycles. The summed E-state index contributed by atoms with van der Waals surface area (Å²) < 4.78 is 5.31. The molecule has 0 saturated heterocycles. The van der Waals surface area contributed by atoms with Gasteiger partial charge < -0.3 is 15.4 Å². The van der Waals surface area contributed by atoms with E-state index in [0.29, 0.717) is 6.04 Å². The van der Waals surface area contributed by atoms with Gasteiger partial charge in [0.1, 0.15) is 5.60 Å². The Morgan fingerprint density at radius 2 is 1.70 bits per heavy atom. The van der Waals surface area contributed by atoms with Crippen LogP contribution in [-0.4, -0.2) is 23.8 Å². The Hall–Kier alpha value is -1.26. The molecule has 0 radical (unpaired) electrons. The molecule has 0 aliphatic heterocycles. The van der Waals surface area contributed by atoms with Crippen molar-refractivity contribution in [2.24, 2.45) is 0 Å². The fourth-order valence-corrected chi connectivity index (χ4v) is 2.91. The predicted molar refractivity (Wildman–Crippen MR) is 93.7 cm³/mol. The first-order valence-electron chi connectivity index (χ1n) is 8.29. The van der Waals surface area contributed by atoms with Crippen LogP contribution in [0.1, 0.15) is 52.0 Å². The number of rotatable bonds is 4. The number of amides is 1. The van der Waals surface area contributed by atoms with Gasteiger partial charge in [-0.25, -0.2) is 4.79 Å². The van der Waals surface area contributed by atoms with Crippen molar-refractivity contribution in [3.8, 4) is 0 Å². The highest BCUT2D eigenvalue weighted by Gasteiger charge is 2.24. The molecular weight excluding hydrogens is 312 g/mol. The molecule has 5 heteroatoms. The molecule has 1 aromatic rings.